The maximum Gasteiger partial charge on any atom is 0.416 e. The molecule has 0 radical (unpaired) electrons. The third-order valence-corrected chi connectivity index (χ3v) is 4.22. The van der Waals surface area contributed by atoms with Crippen LogP contribution in [0.25, 0.3) is 22.8 Å². The number of halogens is 3. The number of alkyl halides is 3. The molecule has 0 unspecified atom stereocenters. The maximum absolute atomic E-state index is 13.0. The molecule has 6 nitrogen and oxygen atoms in total. The Morgan fingerprint density at radius 3 is 2.38 bits per heavy atom. The molecule has 4 rings (SSSR count). The number of aromatic nitrogens is 4. The molecule has 0 amide bonds. The highest BCUT2D eigenvalue weighted by Crippen LogP contribution is 2.30. The van der Waals surface area contributed by atoms with Gasteiger partial charge in [-0.25, -0.2) is 9.36 Å². The first-order chi connectivity index (χ1) is 13.8. The van der Waals surface area contributed by atoms with E-state index in [1.54, 1.807) is 24.3 Å². The second kappa shape index (κ2) is 6.93. The van der Waals surface area contributed by atoms with Crippen LogP contribution in [0.3, 0.4) is 0 Å². The highest BCUT2D eigenvalue weighted by molar-refractivity contribution is 5.59. The van der Waals surface area contributed by atoms with E-state index in [1.807, 2.05) is 6.07 Å². The molecule has 0 fully saturated rings. The van der Waals surface area contributed by atoms with Gasteiger partial charge in [0, 0.05) is 0 Å². The van der Waals surface area contributed by atoms with E-state index in [0.717, 1.165) is 23.0 Å². The van der Waals surface area contributed by atoms with Crippen LogP contribution in [0.1, 0.15) is 5.56 Å². The van der Waals surface area contributed by atoms with Gasteiger partial charge in [-0.15, -0.1) is 0 Å². The van der Waals surface area contributed by atoms with E-state index in [4.69, 9.17) is 0 Å². The molecular formula is C20H13F3N4O2. The Morgan fingerprint density at radius 2 is 1.66 bits per heavy atom. The van der Waals surface area contributed by atoms with E-state index in [-0.39, 0.29) is 17.1 Å². The predicted octanol–water partition coefficient (Wildman–Crippen LogP) is 3.81. The van der Waals surface area contributed by atoms with Gasteiger partial charge in [-0.3, -0.25) is 4.79 Å². The van der Waals surface area contributed by atoms with Crippen LogP contribution in [0.2, 0.25) is 0 Å². The van der Waals surface area contributed by atoms with Crippen LogP contribution < -0.4 is 5.43 Å². The summed E-state index contributed by atoms with van der Waals surface area (Å²) in [5, 5.41) is 18.5. The largest absolute Gasteiger partial charge is 0.503 e. The average molecular weight is 398 g/mol. The Balaban J connectivity index is 1.88. The molecule has 2 aromatic carbocycles. The lowest BCUT2D eigenvalue weighted by molar-refractivity contribution is -0.137. The molecule has 9 heteroatoms. The van der Waals surface area contributed by atoms with E-state index >= 15 is 0 Å². The highest BCUT2D eigenvalue weighted by Gasteiger charge is 2.30. The first kappa shape index (κ1) is 18.5. The van der Waals surface area contributed by atoms with Crippen molar-refractivity contribution in [2.45, 2.75) is 6.18 Å². The minimum atomic E-state index is -4.54. The van der Waals surface area contributed by atoms with Gasteiger partial charge in [-0.2, -0.15) is 23.4 Å². The summed E-state index contributed by atoms with van der Waals surface area (Å²) in [6.45, 7) is 0. The van der Waals surface area contributed by atoms with Gasteiger partial charge in [0.1, 0.15) is 0 Å². The Bertz CT molecular complexity index is 1230. The number of nitrogens with zero attached hydrogens (tertiary/aromatic N) is 4. The zero-order valence-electron chi connectivity index (χ0n) is 14.7. The number of aromatic hydroxyl groups is 1. The van der Waals surface area contributed by atoms with Crippen LogP contribution >= 0.6 is 0 Å². The molecule has 0 spiro atoms. The molecule has 4 aromatic rings. The van der Waals surface area contributed by atoms with Crippen molar-refractivity contribution in [2.24, 2.45) is 0 Å². The summed E-state index contributed by atoms with van der Waals surface area (Å²) < 4.78 is 41.6. The van der Waals surface area contributed by atoms with Gasteiger partial charge >= 0.3 is 6.18 Å². The summed E-state index contributed by atoms with van der Waals surface area (Å²) in [4.78, 5) is 12.5. The van der Waals surface area contributed by atoms with Gasteiger partial charge < -0.3 is 5.11 Å². The van der Waals surface area contributed by atoms with Gasteiger partial charge in [-0.1, -0.05) is 24.3 Å². The minimum absolute atomic E-state index is 0.0437. The van der Waals surface area contributed by atoms with Crippen LogP contribution in [0.4, 0.5) is 13.2 Å². The molecule has 0 atom stereocenters. The third kappa shape index (κ3) is 3.49. The molecule has 0 aliphatic carbocycles. The lowest BCUT2D eigenvalue weighted by Gasteiger charge is -2.12. The Morgan fingerprint density at radius 1 is 0.931 bits per heavy atom. The fraction of sp³-hybridized carbons (Fsp3) is 0.0500. The van der Waals surface area contributed by atoms with Crippen molar-refractivity contribution in [3.05, 3.63) is 88.8 Å². The maximum atomic E-state index is 13.0. The summed E-state index contributed by atoms with van der Waals surface area (Å²) in [7, 11) is 0. The van der Waals surface area contributed by atoms with Crippen LogP contribution in [0.5, 0.6) is 5.75 Å². The van der Waals surface area contributed by atoms with Crippen LogP contribution in [0.15, 0.2) is 77.9 Å². The SMILES string of the molecule is O=c1c(O)cn(-c2cccc(C(F)(F)F)c2)nc1-c1ccnn1-c1ccccc1. The predicted molar refractivity (Wildman–Crippen MR) is 99.1 cm³/mol. The smallest absolute Gasteiger partial charge is 0.416 e. The number of rotatable bonds is 3. The van der Waals surface area contributed by atoms with Crippen LogP contribution in [0, 0.1) is 0 Å². The van der Waals surface area contributed by atoms with Gasteiger partial charge in [0.25, 0.3) is 5.43 Å². The fourth-order valence-corrected chi connectivity index (χ4v) is 2.86. The van der Waals surface area contributed by atoms with E-state index in [1.165, 1.54) is 29.1 Å². The third-order valence-electron chi connectivity index (χ3n) is 4.22. The Hall–Kier alpha value is -3.88. The van der Waals surface area contributed by atoms with Crippen molar-refractivity contribution in [3.63, 3.8) is 0 Å². The van der Waals surface area contributed by atoms with Crippen molar-refractivity contribution < 1.29 is 18.3 Å². The lowest BCUT2D eigenvalue weighted by atomic mass is 10.2. The number of hydrogen-bond donors (Lipinski definition) is 1. The topological polar surface area (TPSA) is 72.9 Å². The van der Waals surface area contributed by atoms with Crippen LogP contribution in [-0.2, 0) is 6.18 Å². The number of para-hydroxylation sites is 1. The van der Waals surface area contributed by atoms with Crippen molar-refractivity contribution in [1.82, 2.24) is 19.6 Å². The molecule has 2 aromatic heterocycles. The Kier molecular flexibility index (Phi) is 4.42. The zero-order valence-corrected chi connectivity index (χ0v) is 14.7. The van der Waals surface area contributed by atoms with Crippen molar-refractivity contribution >= 4 is 0 Å². The van der Waals surface area contributed by atoms with Gasteiger partial charge in [-0.05, 0) is 36.4 Å². The summed E-state index contributed by atoms with van der Waals surface area (Å²) >= 11 is 0. The van der Waals surface area contributed by atoms with E-state index < -0.39 is 22.9 Å². The van der Waals surface area contributed by atoms with Gasteiger partial charge in [0.05, 0.1) is 35.0 Å². The van der Waals surface area contributed by atoms with Crippen molar-refractivity contribution in [2.75, 3.05) is 0 Å². The molecule has 1 N–H and O–H groups in total. The summed E-state index contributed by atoms with van der Waals surface area (Å²) in [5.41, 5.74) is -0.789. The Labute approximate surface area is 162 Å². The lowest BCUT2D eigenvalue weighted by Crippen LogP contribution is -2.16. The number of hydrogen-bond acceptors (Lipinski definition) is 4. The summed E-state index contributed by atoms with van der Waals surface area (Å²) in [6, 6.07) is 14.9. The second-order valence-corrected chi connectivity index (χ2v) is 6.15. The average Bonchev–Trinajstić information content (AvgIpc) is 3.20. The monoisotopic (exact) mass is 398 g/mol. The van der Waals surface area contributed by atoms with E-state index in [2.05, 4.69) is 10.2 Å². The van der Waals surface area contributed by atoms with E-state index in [9.17, 15) is 23.1 Å². The standard InChI is InChI=1S/C20H13F3N4O2/c21-20(22,23)13-5-4-8-15(11-13)26-12-17(28)19(29)18(25-26)16-9-10-24-27(16)14-6-2-1-3-7-14/h1-12,28H. The summed E-state index contributed by atoms with van der Waals surface area (Å²) in [5.74, 6) is -0.645. The fourth-order valence-electron chi connectivity index (χ4n) is 2.86. The second-order valence-electron chi connectivity index (χ2n) is 6.15. The highest BCUT2D eigenvalue weighted by atomic mass is 19.4. The normalized spacial score (nSPS) is 11.6. The van der Waals surface area contributed by atoms with Gasteiger partial charge in [0.15, 0.2) is 11.4 Å². The summed E-state index contributed by atoms with van der Waals surface area (Å²) in [6.07, 6.45) is -2.10. The molecular weight excluding hydrogens is 385 g/mol. The molecule has 0 saturated heterocycles. The molecule has 29 heavy (non-hydrogen) atoms. The quantitative estimate of drug-likeness (QED) is 0.570. The molecule has 146 valence electrons. The number of benzene rings is 2. The first-order valence-electron chi connectivity index (χ1n) is 8.45. The van der Waals surface area contributed by atoms with Gasteiger partial charge in [0.2, 0.25) is 0 Å². The zero-order chi connectivity index (χ0) is 20.6. The molecule has 2 heterocycles. The van der Waals surface area contributed by atoms with Crippen molar-refractivity contribution in [1.29, 1.82) is 0 Å². The first-order valence-corrected chi connectivity index (χ1v) is 8.45. The molecule has 0 saturated carbocycles. The van der Waals surface area contributed by atoms with Crippen molar-refractivity contribution in [3.8, 4) is 28.5 Å². The molecule has 0 bridgehead atoms. The minimum Gasteiger partial charge on any atom is -0.503 e. The van der Waals surface area contributed by atoms with E-state index in [0.29, 0.717) is 5.69 Å². The molecule has 0 aliphatic rings. The van der Waals surface area contributed by atoms with Crippen LogP contribution in [-0.4, -0.2) is 24.7 Å². The molecule has 0 aliphatic heterocycles.